The van der Waals surface area contributed by atoms with Gasteiger partial charge in [-0.3, -0.25) is 0 Å². The summed E-state index contributed by atoms with van der Waals surface area (Å²) < 4.78 is 10.7. The first-order chi connectivity index (χ1) is 9.60. The molecule has 2 aliphatic heterocycles. The molecule has 1 unspecified atom stereocenters. The van der Waals surface area contributed by atoms with Crippen molar-refractivity contribution >= 4 is 34.7 Å². The van der Waals surface area contributed by atoms with Gasteiger partial charge in [0.25, 0.3) is 0 Å². The molecule has 2 atom stereocenters. The van der Waals surface area contributed by atoms with Crippen LogP contribution in [0.25, 0.3) is 5.57 Å². The Morgan fingerprint density at radius 3 is 2.80 bits per heavy atom. The third kappa shape index (κ3) is 2.34. The van der Waals surface area contributed by atoms with Crippen LogP contribution in [0.15, 0.2) is 23.8 Å². The minimum Gasteiger partial charge on any atom is -0.466 e. The van der Waals surface area contributed by atoms with Crippen molar-refractivity contribution in [1.82, 2.24) is 0 Å². The van der Waals surface area contributed by atoms with Gasteiger partial charge in [-0.2, -0.15) is 0 Å². The lowest BCUT2D eigenvalue weighted by Gasteiger charge is -2.26. The Morgan fingerprint density at radius 1 is 1.30 bits per heavy atom. The van der Waals surface area contributed by atoms with E-state index >= 15 is 0 Å². The molecule has 3 nitrogen and oxygen atoms in total. The number of halogens is 2. The van der Waals surface area contributed by atoms with Crippen LogP contribution in [0.3, 0.4) is 0 Å². The predicted molar refractivity (Wildman–Crippen MR) is 77.9 cm³/mol. The maximum Gasteiger partial charge on any atom is 0.336 e. The van der Waals surface area contributed by atoms with Gasteiger partial charge in [0, 0.05) is 0 Å². The van der Waals surface area contributed by atoms with E-state index in [0.717, 1.165) is 24.0 Å². The van der Waals surface area contributed by atoms with E-state index in [1.54, 1.807) is 12.1 Å². The molecule has 2 heterocycles. The van der Waals surface area contributed by atoms with Crippen LogP contribution in [0.1, 0.15) is 24.8 Å². The second kappa shape index (κ2) is 5.40. The lowest BCUT2D eigenvalue weighted by molar-refractivity contribution is -0.137. The first-order valence-corrected chi connectivity index (χ1v) is 7.28. The number of benzene rings is 1. The Morgan fingerprint density at radius 2 is 2.10 bits per heavy atom. The van der Waals surface area contributed by atoms with Crippen LogP contribution in [0, 0.1) is 0 Å². The molecule has 0 radical (unpaired) electrons. The summed E-state index contributed by atoms with van der Waals surface area (Å²) >= 11 is 12.0. The van der Waals surface area contributed by atoms with Gasteiger partial charge >= 0.3 is 5.97 Å². The summed E-state index contributed by atoms with van der Waals surface area (Å²) in [6.45, 7) is 0. The van der Waals surface area contributed by atoms with Crippen LogP contribution >= 0.6 is 23.2 Å². The normalized spacial score (nSPS) is 24.9. The van der Waals surface area contributed by atoms with Gasteiger partial charge in [-0.25, -0.2) is 4.79 Å². The van der Waals surface area contributed by atoms with Crippen LogP contribution in [-0.4, -0.2) is 25.3 Å². The van der Waals surface area contributed by atoms with Crippen molar-refractivity contribution in [3.8, 4) is 0 Å². The molecular weight excluding hydrogens is 299 g/mol. The third-order valence-electron chi connectivity index (χ3n) is 3.86. The average molecular weight is 313 g/mol. The highest BCUT2D eigenvalue weighted by molar-refractivity contribution is 6.42. The highest BCUT2D eigenvalue weighted by Crippen LogP contribution is 2.42. The number of methoxy groups -OCH3 is 1. The summed E-state index contributed by atoms with van der Waals surface area (Å²) in [7, 11) is 1.39. The lowest BCUT2D eigenvalue weighted by Crippen LogP contribution is -2.26. The van der Waals surface area contributed by atoms with Crippen molar-refractivity contribution in [2.75, 3.05) is 7.11 Å². The van der Waals surface area contributed by atoms with Crippen molar-refractivity contribution in [2.45, 2.75) is 31.5 Å². The highest BCUT2D eigenvalue weighted by atomic mass is 35.5. The zero-order valence-corrected chi connectivity index (χ0v) is 12.5. The molecule has 20 heavy (non-hydrogen) atoms. The average Bonchev–Trinajstić information content (AvgIpc) is 2.82. The smallest absolute Gasteiger partial charge is 0.336 e. The predicted octanol–water partition coefficient (Wildman–Crippen LogP) is 3.87. The number of ether oxygens (including phenoxy) is 2. The Labute approximate surface area is 127 Å². The van der Waals surface area contributed by atoms with Crippen LogP contribution in [0.4, 0.5) is 0 Å². The summed E-state index contributed by atoms with van der Waals surface area (Å²) in [6, 6.07) is 5.43. The van der Waals surface area contributed by atoms with Gasteiger partial charge in [-0.1, -0.05) is 29.3 Å². The second-order valence-electron chi connectivity index (χ2n) is 5.04. The van der Waals surface area contributed by atoms with E-state index in [9.17, 15) is 4.79 Å². The molecule has 0 aromatic heterocycles. The molecule has 1 saturated heterocycles. The molecule has 0 saturated carbocycles. The zero-order valence-electron chi connectivity index (χ0n) is 11.0. The Bertz CT molecular complexity index is 595. The van der Waals surface area contributed by atoms with Crippen LogP contribution < -0.4 is 0 Å². The first kappa shape index (κ1) is 13.9. The number of fused-ring (bicyclic) bond motifs is 2. The zero-order chi connectivity index (χ0) is 14.3. The largest absolute Gasteiger partial charge is 0.466 e. The lowest BCUT2D eigenvalue weighted by atomic mass is 9.92. The minimum absolute atomic E-state index is 0.161. The molecule has 2 aliphatic rings. The summed E-state index contributed by atoms with van der Waals surface area (Å²) in [5, 5.41) is 0.991. The van der Waals surface area contributed by atoms with Crippen molar-refractivity contribution in [1.29, 1.82) is 0 Å². The molecule has 0 spiro atoms. The number of esters is 1. The minimum atomic E-state index is -0.323. The van der Waals surface area contributed by atoms with Gasteiger partial charge in [0.2, 0.25) is 0 Å². The van der Waals surface area contributed by atoms with Crippen molar-refractivity contribution < 1.29 is 14.3 Å². The molecule has 2 bridgehead atoms. The van der Waals surface area contributed by atoms with E-state index in [2.05, 4.69) is 0 Å². The maximum atomic E-state index is 12.1. The SMILES string of the molecule is COC(=O)C1=C(c2ccc(Cl)c(Cl)c2)CC2CC[C@H]1O2. The fourth-order valence-electron chi connectivity index (χ4n) is 2.92. The van der Waals surface area contributed by atoms with Crippen LogP contribution in [-0.2, 0) is 14.3 Å². The van der Waals surface area contributed by atoms with Crippen molar-refractivity contribution in [3.63, 3.8) is 0 Å². The Hall–Kier alpha value is -1.03. The van der Waals surface area contributed by atoms with E-state index in [1.807, 2.05) is 6.07 Å². The fourth-order valence-corrected chi connectivity index (χ4v) is 3.22. The Kier molecular flexibility index (Phi) is 3.76. The number of rotatable bonds is 2. The van der Waals surface area contributed by atoms with E-state index in [0.29, 0.717) is 22.0 Å². The topological polar surface area (TPSA) is 35.5 Å². The first-order valence-electron chi connectivity index (χ1n) is 6.52. The summed E-state index contributed by atoms with van der Waals surface area (Å²) in [4.78, 5) is 12.1. The van der Waals surface area contributed by atoms with E-state index in [4.69, 9.17) is 32.7 Å². The van der Waals surface area contributed by atoms with Crippen LogP contribution in [0.2, 0.25) is 10.0 Å². The molecule has 0 N–H and O–H groups in total. The number of hydrogen-bond acceptors (Lipinski definition) is 3. The maximum absolute atomic E-state index is 12.1. The third-order valence-corrected chi connectivity index (χ3v) is 4.60. The fraction of sp³-hybridized carbons (Fsp3) is 0.400. The monoisotopic (exact) mass is 312 g/mol. The van der Waals surface area contributed by atoms with E-state index in [1.165, 1.54) is 7.11 Å². The van der Waals surface area contributed by atoms with Crippen molar-refractivity contribution in [2.24, 2.45) is 0 Å². The Balaban J connectivity index is 2.10. The van der Waals surface area contributed by atoms with Gasteiger partial charge in [0.15, 0.2) is 0 Å². The highest BCUT2D eigenvalue weighted by Gasteiger charge is 2.39. The number of carbonyl (C=O) groups excluding carboxylic acids is 1. The molecule has 3 rings (SSSR count). The summed E-state index contributed by atoms with van der Waals surface area (Å²) in [6.07, 6.45) is 2.55. The van der Waals surface area contributed by atoms with Gasteiger partial charge in [-0.05, 0) is 42.5 Å². The molecule has 1 aromatic carbocycles. The van der Waals surface area contributed by atoms with Gasteiger partial charge in [-0.15, -0.1) is 0 Å². The van der Waals surface area contributed by atoms with Gasteiger partial charge in [0.05, 0.1) is 34.9 Å². The number of hydrogen-bond donors (Lipinski definition) is 0. The van der Waals surface area contributed by atoms with Gasteiger partial charge < -0.3 is 9.47 Å². The molecule has 106 valence electrons. The number of carbonyl (C=O) groups is 1. The molecule has 5 heteroatoms. The van der Waals surface area contributed by atoms with E-state index in [-0.39, 0.29) is 18.2 Å². The molecule has 0 aliphatic carbocycles. The standard InChI is InChI=1S/C15H14Cl2O3/c1-19-15(18)14-10(7-9-3-5-13(14)20-9)8-2-4-11(16)12(17)6-8/h2,4,6,9,13H,3,5,7H2,1H3/t9?,13-/m1/s1. The molecular formula is C15H14Cl2O3. The van der Waals surface area contributed by atoms with Crippen LogP contribution in [0.5, 0.6) is 0 Å². The summed E-state index contributed by atoms with van der Waals surface area (Å²) in [5.74, 6) is -0.323. The van der Waals surface area contributed by atoms with Gasteiger partial charge in [0.1, 0.15) is 0 Å². The second-order valence-corrected chi connectivity index (χ2v) is 5.86. The van der Waals surface area contributed by atoms with E-state index < -0.39 is 0 Å². The van der Waals surface area contributed by atoms with Crippen molar-refractivity contribution in [3.05, 3.63) is 39.4 Å². The quantitative estimate of drug-likeness (QED) is 0.778. The molecule has 1 aromatic rings. The molecule has 1 fully saturated rings. The summed E-state index contributed by atoms with van der Waals surface area (Å²) in [5.41, 5.74) is 2.51. The molecule has 0 amide bonds.